The number of anilines is 1. The van der Waals surface area contributed by atoms with Crippen molar-refractivity contribution < 1.29 is 18.3 Å². The van der Waals surface area contributed by atoms with Crippen LogP contribution in [0.1, 0.15) is 0 Å². The average Bonchev–Trinajstić information content (AvgIpc) is 2.31. The summed E-state index contributed by atoms with van der Waals surface area (Å²) >= 11 is 4.79. The van der Waals surface area contributed by atoms with Crippen LogP contribution in [0, 0.1) is 11.6 Å². The molecular weight excluding hydrogens is 264 g/mol. The Bertz CT molecular complexity index is 457. The maximum absolute atomic E-state index is 13.2. The molecule has 0 unspecified atom stereocenters. The molecule has 0 atom stereocenters. The lowest BCUT2D eigenvalue weighted by atomic mass is 10.3. The minimum Gasteiger partial charge on any atom is -0.375 e. The second-order valence-corrected chi connectivity index (χ2v) is 3.59. The van der Waals surface area contributed by atoms with Gasteiger partial charge in [-0.2, -0.15) is 0 Å². The zero-order valence-electron chi connectivity index (χ0n) is 9.42. The third-order valence-electron chi connectivity index (χ3n) is 1.77. The molecule has 3 N–H and O–H groups in total. The molecule has 0 saturated heterocycles. The fraction of sp³-hybridized carbons (Fsp3) is 0.200. The highest BCUT2D eigenvalue weighted by Crippen LogP contribution is 2.14. The van der Waals surface area contributed by atoms with Gasteiger partial charge in [0.15, 0.2) is 5.11 Å². The number of methoxy groups -OCH3 is 1. The van der Waals surface area contributed by atoms with Gasteiger partial charge in [-0.3, -0.25) is 15.6 Å². The Morgan fingerprint density at radius 3 is 2.72 bits per heavy atom. The summed E-state index contributed by atoms with van der Waals surface area (Å²) in [5, 5.41) is 2.42. The molecule has 1 aromatic rings. The molecule has 0 aromatic heterocycles. The maximum atomic E-state index is 13.2. The third-order valence-corrected chi connectivity index (χ3v) is 1.97. The molecule has 8 heteroatoms. The molecule has 0 bridgehead atoms. The number of halogens is 2. The molecule has 0 radical (unpaired) electrons. The molecule has 1 amide bonds. The number of ether oxygens (including phenoxy) is 1. The Balaban J connectivity index is 2.47. The van der Waals surface area contributed by atoms with E-state index in [0.717, 1.165) is 6.07 Å². The highest BCUT2D eigenvalue weighted by Gasteiger charge is 2.06. The van der Waals surface area contributed by atoms with E-state index in [9.17, 15) is 13.6 Å². The summed E-state index contributed by atoms with van der Waals surface area (Å²) in [6.45, 7) is -0.138. The van der Waals surface area contributed by atoms with Crippen LogP contribution in [0.25, 0.3) is 0 Å². The summed E-state index contributed by atoms with van der Waals surface area (Å²) in [4.78, 5) is 11.0. The first-order chi connectivity index (χ1) is 8.52. The standard InChI is InChI=1S/C10H11F2N3O2S/c1-17-5-9(16)14-15-10(18)13-8-3-2-6(11)4-7(8)12/h2-4H,5H2,1H3,(H,14,16)(H2,13,15,18). The fourth-order valence-electron chi connectivity index (χ4n) is 1.04. The molecule has 1 rings (SSSR count). The van der Waals surface area contributed by atoms with E-state index in [1.165, 1.54) is 13.2 Å². The molecule has 0 aliphatic carbocycles. The number of benzene rings is 1. The normalized spacial score (nSPS) is 9.72. The van der Waals surface area contributed by atoms with Crippen molar-refractivity contribution in [3.63, 3.8) is 0 Å². The van der Waals surface area contributed by atoms with Crippen molar-refractivity contribution in [2.24, 2.45) is 0 Å². The Kier molecular flexibility index (Phi) is 5.40. The topological polar surface area (TPSA) is 62.4 Å². The number of carbonyl (C=O) groups excluding carboxylic acids is 1. The minimum atomic E-state index is -0.789. The number of amides is 1. The fourth-order valence-corrected chi connectivity index (χ4v) is 1.20. The van der Waals surface area contributed by atoms with Crippen molar-refractivity contribution in [1.82, 2.24) is 10.9 Å². The van der Waals surface area contributed by atoms with Gasteiger partial charge in [0.25, 0.3) is 5.91 Å². The van der Waals surface area contributed by atoms with E-state index in [2.05, 4.69) is 20.9 Å². The van der Waals surface area contributed by atoms with E-state index in [0.29, 0.717) is 6.07 Å². The maximum Gasteiger partial charge on any atom is 0.264 e. The van der Waals surface area contributed by atoms with Crippen LogP contribution in [0.15, 0.2) is 18.2 Å². The summed E-state index contributed by atoms with van der Waals surface area (Å²) in [7, 11) is 1.37. The number of hydrogen-bond donors (Lipinski definition) is 3. The third kappa shape index (κ3) is 4.60. The molecule has 0 spiro atoms. The zero-order valence-corrected chi connectivity index (χ0v) is 10.2. The van der Waals surface area contributed by atoms with Gasteiger partial charge in [0, 0.05) is 13.2 Å². The van der Waals surface area contributed by atoms with E-state index in [1.54, 1.807) is 0 Å². The highest BCUT2D eigenvalue weighted by molar-refractivity contribution is 7.80. The number of thiocarbonyl (C=S) groups is 1. The Morgan fingerprint density at radius 2 is 2.11 bits per heavy atom. The lowest BCUT2D eigenvalue weighted by molar-refractivity contribution is -0.125. The van der Waals surface area contributed by atoms with E-state index < -0.39 is 17.5 Å². The first kappa shape index (κ1) is 14.3. The summed E-state index contributed by atoms with van der Waals surface area (Å²) in [6, 6.07) is 2.99. The molecule has 0 aliphatic heterocycles. The van der Waals surface area contributed by atoms with Crippen molar-refractivity contribution >= 4 is 28.9 Å². The molecule has 0 saturated carbocycles. The average molecular weight is 275 g/mol. The lowest BCUT2D eigenvalue weighted by Gasteiger charge is -2.11. The van der Waals surface area contributed by atoms with E-state index >= 15 is 0 Å². The molecule has 98 valence electrons. The smallest absolute Gasteiger partial charge is 0.264 e. The van der Waals surface area contributed by atoms with Gasteiger partial charge in [0.05, 0.1) is 5.69 Å². The first-order valence-electron chi connectivity index (χ1n) is 4.82. The Hall–Kier alpha value is -1.80. The van der Waals surface area contributed by atoms with Crippen molar-refractivity contribution in [3.8, 4) is 0 Å². The van der Waals surface area contributed by atoms with Gasteiger partial charge in [-0.25, -0.2) is 8.78 Å². The van der Waals surface area contributed by atoms with Gasteiger partial charge in [-0.05, 0) is 24.4 Å². The van der Waals surface area contributed by atoms with Crippen LogP contribution in [-0.4, -0.2) is 24.7 Å². The summed E-state index contributed by atoms with van der Waals surface area (Å²) in [5.41, 5.74) is 4.55. The second kappa shape index (κ2) is 6.82. The van der Waals surface area contributed by atoms with Gasteiger partial charge >= 0.3 is 0 Å². The SMILES string of the molecule is COCC(=O)NNC(=S)Nc1ccc(F)cc1F. The Labute approximate surface area is 107 Å². The zero-order chi connectivity index (χ0) is 13.5. The van der Waals surface area contributed by atoms with Crippen molar-refractivity contribution in [1.29, 1.82) is 0 Å². The van der Waals surface area contributed by atoms with Crippen LogP contribution in [0.5, 0.6) is 0 Å². The van der Waals surface area contributed by atoms with Crippen LogP contribution in [0.2, 0.25) is 0 Å². The van der Waals surface area contributed by atoms with E-state index in [1.807, 2.05) is 0 Å². The summed E-state index contributed by atoms with van der Waals surface area (Å²) in [6.07, 6.45) is 0. The van der Waals surface area contributed by atoms with Gasteiger partial charge < -0.3 is 10.1 Å². The molecule has 0 heterocycles. The number of nitrogens with one attached hydrogen (secondary N) is 3. The second-order valence-electron chi connectivity index (χ2n) is 3.18. The predicted molar refractivity (Wildman–Crippen MR) is 65.7 cm³/mol. The van der Waals surface area contributed by atoms with Crippen LogP contribution in [0.4, 0.5) is 14.5 Å². The van der Waals surface area contributed by atoms with Gasteiger partial charge in [-0.15, -0.1) is 0 Å². The summed E-state index contributed by atoms with van der Waals surface area (Å²) in [5.74, 6) is -1.92. The number of carbonyl (C=O) groups is 1. The van der Waals surface area contributed by atoms with Gasteiger partial charge in [0.2, 0.25) is 0 Å². The van der Waals surface area contributed by atoms with Crippen LogP contribution in [-0.2, 0) is 9.53 Å². The number of rotatable bonds is 3. The van der Waals surface area contributed by atoms with E-state index in [4.69, 9.17) is 12.2 Å². The molecule has 0 aliphatic rings. The van der Waals surface area contributed by atoms with Gasteiger partial charge in [0.1, 0.15) is 18.2 Å². The number of hydrogen-bond acceptors (Lipinski definition) is 3. The highest BCUT2D eigenvalue weighted by atomic mass is 32.1. The largest absolute Gasteiger partial charge is 0.375 e. The molecule has 0 fully saturated rings. The number of hydrazine groups is 1. The predicted octanol–water partition coefficient (Wildman–Crippen LogP) is 0.929. The monoisotopic (exact) mass is 275 g/mol. The van der Waals surface area contributed by atoms with Crippen LogP contribution in [0.3, 0.4) is 0 Å². The molecule has 1 aromatic carbocycles. The molecular formula is C10H11F2N3O2S. The quantitative estimate of drug-likeness (QED) is 0.566. The van der Waals surface area contributed by atoms with Crippen molar-refractivity contribution in [2.45, 2.75) is 0 Å². The summed E-state index contributed by atoms with van der Waals surface area (Å²) < 4.78 is 30.4. The van der Waals surface area contributed by atoms with E-state index in [-0.39, 0.29) is 17.4 Å². The van der Waals surface area contributed by atoms with Gasteiger partial charge in [-0.1, -0.05) is 0 Å². The first-order valence-corrected chi connectivity index (χ1v) is 5.23. The Morgan fingerprint density at radius 1 is 1.39 bits per heavy atom. The van der Waals surface area contributed by atoms with Crippen LogP contribution >= 0.6 is 12.2 Å². The van der Waals surface area contributed by atoms with Crippen LogP contribution < -0.4 is 16.2 Å². The lowest BCUT2D eigenvalue weighted by Crippen LogP contribution is -2.45. The molecule has 5 nitrogen and oxygen atoms in total. The molecule has 18 heavy (non-hydrogen) atoms. The minimum absolute atomic E-state index is 0.00473. The van der Waals surface area contributed by atoms with Crippen molar-refractivity contribution in [2.75, 3.05) is 19.0 Å². The van der Waals surface area contributed by atoms with Crippen molar-refractivity contribution in [3.05, 3.63) is 29.8 Å².